The minimum Gasteiger partial charge on any atom is -0.340 e. The van der Waals surface area contributed by atoms with E-state index in [0.717, 1.165) is 5.56 Å². The Morgan fingerprint density at radius 2 is 1.38 bits per heavy atom. The van der Waals surface area contributed by atoms with Crippen LogP contribution in [0.15, 0.2) is 89.7 Å². The summed E-state index contributed by atoms with van der Waals surface area (Å²) in [6.07, 6.45) is 0.209. The maximum absolute atomic E-state index is 12.9. The Bertz CT molecular complexity index is 1390. The molecule has 4 rings (SSSR count). The molecule has 1 atom stereocenters. The molecule has 0 aliphatic heterocycles. The highest BCUT2D eigenvalue weighted by atomic mass is 16.2. The Morgan fingerprint density at radius 3 is 2.09 bits per heavy atom. The SMILES string of the molecule is O=C(N[C@@H](Cc1ccccc1)C(=O)NNC(=O)c1n[nH]c(=O)c2ccccc12)c1ccccc1. The van der Waals surface area contributed by atoms with Crippen molar-refractivity contribution >= 4 is 28.5 Å². The van der Waals surface area contributed by atoms with E-state index in [-0.39, 0.29) is 12.1 Å². The molecule has 0 saturated carbocycles. The van der Waals surface area contributed by atoms with E-state index in [1.807, 2.05) is 30.3 Å². The summed E-state index contributed by atoms with van der Waals surface area (Å²) in [5, 5.41) is 9.45. The lowest BCUT2D eigenvalue weighted by Gasteiger charge is -2.19. The van der Waals surface area contributed by atoms with E-state index in [1.165, 1.54) is 0 Å². The van der Waals surface area contributed by atoms with Crippen LogP contribution in [0.2, 0.25) is 0 Å². The third-order valence-corrected chi connectivity index (χ3v) is 5.15. The van der Waals surface area contributed by atoms with E-state index in [9.17, 15) is 19.2 Å². The number of rotatable bonds is 6. The van der Waals surface area contributed by atoms with E-state index in [4.69, 9.17) is 0 Å². The smallest absolute Gasteiger partial charge is 0.290 e. The van der Waals surface area contributed by atoms with Crippen LogP contribution < -0.4 is 21.7 Å². The van der Waals surface area contributed by atoms with Crippen LogP contribution >= 0.6 is 0 Å². The molecule has 9 nitrogen and oxygen atoms in total. The zero-order valence-electron chi connectivity index (χ0n) is 17.9. The summed E-state index contributed by atoms with van der Waals surface area (Å²) >= 11 is 0. The van der Waals surface area contributed by atoms with Gasteiger partial charge in [-0.1, -0.05) is 66.7 Å². The summed E-state index contributed by atoms with van der Waals surface area (Å²) in [6, 6.07) is 23.2. The van der Waals surface area contributed by atoms with Crippen LogP contribution in [0.1, 0.15) is 26.4 Å². The molecule has 3 amide bonds. The van der Waals surface area contributed by atoms with Crippen molar-refractivity contribution in [3.8, 4) is 0 Å². The molecule has 0 radical (unpaired) electrons. The molecule has 9 heteroatoms. The Morgan fingerprint density at radius 1 is 0.765 bits per heavy atom. The predicted molar refractivity (Wildman–Crippen MR) is 126 cm³/mol. The highest BCUT2D eigenvalue weighted by molar-refractivity contribution is 6.05. The number of hydrogen-bond donors (Lipinski definition) is 4. The molecule has 4 N–H and O–H groups in total. The molecule has 0 unspecified atom stereocenters. The zero-order valence-corrected chi connectivity index (χ0v) is 17.9. The van der Waals surface area contributed by atoms with Crippen LogP contribution in [0, 0.1) is 0 Å². The normalized spacial score (nSPS) is 11.4. The van der Waals surface area contributed by atoms with Crippen LogP contribution in [0.3, 0.4) is 0 Å². The number of hydrogen-bond acceptors (Lipinski definition) is 5. The maximum Gasteiger partial charge on any atom is 0.290 e. The standard InChI is InChI=1S/C25H21N5O4/c31-22(17-11-5-2-6-12-17)26-20(15-16-9-3-1-4-10-16)24(33)29-30-25(34)21-18-13-7-8-14-19(18)23(32)28-27-21/h1-14,20H,15H2,(H,26,31)(H,28,32)(H,29,33)(H,30,34)/t20-/m0/s1. The molecule has 0 fully saturated rings. The molecule has 4 aromatic rings. The minimum atomic E-state index is -0.962. The third kappa shape index (κ3) is 5.16. The second kappa shape index (κ2) is 10.2. The van der Waals surface area contributed by atoms with E-state index < -0.39 is 29.3 Å². The number of nitrogens with zero attached hydrogens (tertiary/aromatic N) is 1. The van der Waals surface area contributed by atoms with Crippen LogP contribution in [-0.2, 0) is 11.2 Å². The van der Waals surface area contributed by atoms with E-state index >= 15 is 0 Å². The van der Waals surface area contributed by atoms with E-state index in [0.29, 0.717) is 16.3 Å². The lowest BCUT2D eigenvalue weighted by atomic mass is 10.0. The van der Waals surface area contributed by atoms with Crippen molar-refractivity contribution in [2.75, 3.05) is 0 Å². The van der Waals surface area contributed by atoms with Gasteiger partial charge in [-0.15, -0.1) is 0 Å². The van der Waals surface area contributed by atoms with Gasteiger partial charge in [-0.25, -0.2) is 5.10 Å². The fourth-order valence-corrected chi connectivity index (χ4v) is 3.44. The molecule has 1 heterocycles. The first kappa shape index (κ1) is 22.4. The number of hydrazine groups is 1. The summed E-state index contributed by atoms with van der Waals surface area (Å²) in [5.74, 6) is -1.75. The second-order valence-corrected chi connectivity index (χ2v) is 7.47. The first-order chi connectivity index (χ1) is 16.5. The number of H-pyrrole nitrogens is 1. The Labute approximate surface area is 194 Å². The summed E-state index contributed by atoms with van der Waals surface area (Å²) < 4.78 is 0. The lowest BCUT2D eigenvalue weighted by molar-refractivity contribution is -0.123. The van der Waals surface area contributed by atoms with Crippen molar-refractivity contribution in [1.29, 1.82) is 0 Å². The van der Waals surface area contributed by atoms with Crippen molar-refractivity contribution in [2.24, 2.45) is 0 Å². The summed E-state index contributed by atoms with van der Waals surface area (Å²) in [7, 11) is 0. The van der Waals surface area contributed by atoms with Gasteiger partial charge in [0.15, 0.2) is 5.69 Å². The number of aromatic nitrogens is 2. The van der Waals surface area contributed by atoms with Crippen molar-refractivity contribution in [1.82, 2.24) is 26.4 Å². The van der Waals surface area contributed by atoms with Crippen molar-refractivity contribution in [3.63, 3.8) is 0 Å². The van der Waals surface area contributed by atoms with Gasteiger partial charge < -0.3 is 5.32 Å². The number of amides is 3. The second-order valence-electron chi connectivity index (χ2n) is 7.47. The molecule has 34 heavy (non-hydrogen) atoms. The number of fused-ring (bicyclic) bond motifs is 1. The molecule has 1 aromatic heterocycles. The topological polar surface area (TPSA) is 133 Å². The third-order valence-electron chi connectivity index (χ3n) is 5.15. The Hall–Kier alpha value is -4.79. The molecule has 0 aliphatic carbocycles. The molecular weight excluding hydrogens is 434 g/mol. The minimum absolute atomic E-state index is 0.0524. The van der Waals surface area contributed by atoms with Gasteiger partial charge in [0.1, 0.15) is 6.04 Å². The van der Waals surface area contributed by atoms with Gasteiger partial charge in [0.25, 0.3) is 23.3 Å². The fourth-order valence-electron chi connectivity index (χ4n) is 3.44. The van der Waals surface area contributed by atoms with Crippen LogP contribution in [0.5, 0.6) is 0 Å². The van der Waals surface area contributed by atoms with Crippen molar-refractivity contribution in [3.05, 3.63) is 112 Å². The molecule has 0 spiro atoms. The van der Waals surface area contributed by atoms with Gasteiger partial charge in [0.05, 0.1) is 5.39 Å². The number of aromatic amines is 1. The van der Waals surface area contributed by atoms with E-state index in [2.05, 4.69) is 26.4 Å². The highest BCUT2D eigenvalue weighted by Gasteiger charge is 2.23. The summed E-state index contributed by atoms with van der Waals surface area (Å²) in [4.78, 5) is 50.3. The largest absolute Gasteiger partial charge is 0.340 e. The van der Waals surface area contributed by atoms with Crippen molar-refractivity contribution < 1.29 is 14.4 Å². The molecular formula is C25H21N5O4. The molecule has 0 bridgehead atoms. The number of nitrogens with one attached hydrogen (secondary N) is 4. The summed E-state index contributed by atoms with van der Waals surface area (Å²) in [5.41, 5.74) is 5.42. The monoisotopic (exact) mass is 455 g/mol. The van der Waals surface area contributed by atoms with Gasteiger partial charge in [-0.05, 0) is 23.8 Å². The van der Waals surface area contributed by atoms with Crippen LogP contribution in [0.4, 0.5) is 0 Å². The van der Waals surface area contributed by atoms with Gasteiger partial charge in [0, 0.05) is 17.4 Å². The quantitative estimate of drug-likeness (QED) is 0.329. The summed E-state index contributed by atoms with van der Waals surface area (Å²) in [6.45, 7) is 0. The zero-order chi connectivity index (χ0) is 23.9. The van der Waals surface area contributed by atoms with Gasteiger partial charge >= 0.3 is 0 Å². The Kier molecular flexibility index (Phi) is 6.73. The fraction of sp³-hybridized carbons (Fsp3) is 0.0800. The molecule has 0 saturated heterocycles. The number of carbonyl (C=O) groups excluding carboxylic acids is 3. The first-order valence-electron chi connectivity index (χ1n) is 10.5. The molecule has 3 aromatic carbocycles. The van der Waals surface area contributed by atoms with E-state index in [1.54, 1.807) is 54.6 Å². The van der Waals surface area contributed by atoms with Crippen LogP contribution in [0.25, 0.3) is 10.8 Å². The van der Waals surface area contributed by atoms with Gasteiger partial charge in [-0.3, -0.25) is 30.0 Å². The first-order valence-corrected chi connectivity index (χ1v) is 10.5. The lowest BCUT2D eigenvalue weighted by Crippen LogP contribution is -2.53. The van der Waals surface area contributed by atoms with Crippen molar-refractivity contribution in [2.45, 2.75) is 12.5 Å². The highest BCUT2D eigenvalue weighted by Crippen LogP contribution is 2.12. The number of carbonyl (C=O) groups is 3. The number of benzene rings is 3. The Balaban J connectivity index is 1.50. The molecule has 0 aliphatic rings. The van der Waals surface area contributed by atoms with Gasteiger partial charge in [0.2, 0.25) is 0 Å². The van der Waals surface area contributed by atoms with Gasteiger partial charge in [-0.2, -0.15) is 5.10 Å². The average molecular weight is 455 g/mol. The maximum atomic E-state index is 12.9. The van der Waals surface area contributed by atoms with Crippen LogP contribution in [-0.4, -0.2) is 34.0 Å². The molecule has 170 valence electrons. The average Bonchev–Trinajstić information content (AvgIpc) is 2.88. The predicted octanol–water partition coefficient (Wildman–Crippen LogP) is 1.73.